The van der Waals surface area contributed by atoms with Gasteiger partial charge >= 0.3 is 0 Å². The number of hydrogen-bond donors (Lipinski definition) is 1. The summed E-state index contributed by atoms with van der Waals surface area (Å²) in [7, 11) is -3.72. The molecule has 132 valence electrons. The molecule has 0 saturated carbocycles. The third-order valence-corrected chi connectivity index (χ3v) is 6.46. The van der Waals surface area contributed by atoms with Gasteiger partial charge in [-0.25, -0.2) is 8.42 Å². The highest BCUT2D eigenvalue weighted by Gasteiger charge is 2.39. The first kappa shape index (κ1) is 17.9. The minimum Gasteiger partial charge on any atom is -0.353 e. The third-order valence-electron chi connectivity index (χ3n) is 4.30. The van der Waals surface area contributed by atoms with Crippen molar-refractivity contribution in [3.63, 3.8) is 0 Å². The van der Waals surface area contributed by atoms with Crippen LogP contribution in [0.5, 0.6) is 0 Å². The highest BCUT2D eigenvalue weighted by molar-refractivity contribution is 7.88. The zero-order chi connectivity index (χ0) is 18.0. The number of piperazine rings is 1. The average molecular weight is 379 g/mol. The van der Waals surface area contributed by atoms with E-state index in [1.807, 2.05) is 25.1 Å². The molecule has 0 spiro atoms. The molecule has 0 aromatic heterocycles. The molecular formula is C18H19ClN2O3S. The number of benzene rings is 2. The van der Waals surface area contributed by atoms with Gasteiger partial charge in [-0.15, -0.1) is 0 Å². The zero-order valence-corrected chi connectivity index (χ0v) is 15.3. The van der Waals surface area contributed by atoms with Crippen molar-refractivity contribution in [2.75, 3.05) is 13.1 Å². The molecule has 1 fully saturated rings. The maximum Gasteiger partial charge on any atom is 0.243 e. The van der Waals surface area contributed by atoms with Crippen LogP contribution in [0.15, 0.2) is 48.5 Å². The van der Waals surface area contributed by atoms with Crippen LogP contribution < -0.4 is 5.32 Å². The predicted octanol–water partition coefficient (Wildman–Crippen LogP) is 2.65. The number of nitrogens with zero attached hydrogens (tertiary/aromatic N) is 1. The maximum atomic E-state index is 13.0. The first-order valence-corrected chi connectivity index (χ1v) is 9.95. The summed E-state index contributed by atoms with van der Waals surface area (Å²) in [5.74, 6) is -0.536. The van der Waals surface area contributed by atoms with Gasteiger partial charge in [-0.2, -0.15) is 4.31 Å². The standard InChI is InChI=1S/C18H19ClN2O3S/c1-13-6-2-4-8-15(13)17-18(22)20-10-11-21(17)25(23,24)12-14-7-3-5-9-16(14)19/h2-9,17H,10-12H2,1H3,(H,20,22). The van der Waals surface area contributed by atoms with Gasteiger partial charge in [-0.1, -0.05) is 54.1 Å². The SMILES string of the molecule is Cc1ccccc1C1C(=O)NCCN1S(=O)(=O)Cc1ccccc1Cl. The average Bonchev–Trinajstić information content (AvgIpc) is 2.57. The molecule has 1 amide bonds. The number of carbonyl (C=O) groups excluding carboxylic acids is 1. The molecule has 2 aromatic carbocycles. The molecule has 1 saturated heterocycles. The monoisotopic (exact) mass is 378 g/mol. The van der Waals surface area contributed by atoms with Crippen LogP contribution in [0.25, 0.3) is 0 Å². The molecule has 0 aliphatic carbocycles. The van der Waals surface area contributed by atoms with E-state index >= 15 is 0 Å². The lowest BCUT2D eigenvalue weighted by Crippen LogP contribution is -2.52. The number of halogens is 1. The van der Waals surface area contributed by atoms with E-state index in [2.05, 4.69) is 5.32 Å². The molecule has 7 heteroatoms. The van der Waals surface area contributed by atoms with E-state index in [1.54, 1.807) is 30.3 Å². The predicted molar refractivity (Wildman–Crippen MR) is 97.7 cm³/mol. The van der Waals surface area contributed by atoms with Gasteiger partial charge in [0.05, 0.1) is 5.75 Å². The van der Waals surface area contributed by atoms with E-state index in [0.717, 1.165) is 5.56 Å². The van der Waals surface area contributed by atoms with Crippen molar-refractivity contribution in [2.24, 2.45) is 0 Å². The van der Waals surface area contributed by atoms with Crippen molar-refractivity contribution in [1.82, 2.24) is 9.62 Å². The fourth-order valence-corrected chi connectivity index (χ4v) is 5.02. The van der Waals surface area contributed by atoms with Gasteiger partial charge in [0.15, 0.2) is 0 Å². The van der Waals surface area contributed by atoms with E-state index in [1.165, 1.54) is 4.31 Å². The van der Waals surface area contributed by atoms with Crippen LogP contribution >= 0.6 is 11.6 Å². The molecule has 1 unspecified atom stereocenters. The zero-order valence-electron chi connectivity index (χ0n) is 13.8. The van der Waals surface area contributed by atoms with E-state index in [0.29, 0.717) is 22.7 Å². The topological polar surface area (TPSA) is 66.5 Å². The van der Waals surface area contributed by atoms with Crippen LogP contribution in [0.3, 0.4) is 0 Å². The summed E-state index contributed by atoms with van der Waals surface area (Å²) in [6.45, 7) is 2.40. The molecule has 1 atom stereocenters. The molecule has 3 rings (SSSR count). The Balaban J connectivity index is 1.99. The minimum absolute atomic E-state index is 0.234. The number of nitrogens with one attached hydrogen (secondary N) is 1. The highest BCUT2D eigenvalue weighted by Crippen LogP contribution is 2.30. The van der Waals surface area contributed by atoms with Gasteiger partial charge in [-0.3, -0.25) is 4.79 Å². The van der Waals surface area contributed by atoms with Crippen LogP contribution in [0.4, 0.5) is 0 Å². The Morgan fingerprint density at radius 1 is 1.16 bits per heavy atom. The Morgan fingerprint density at radius 3 is 2.56 bits per heavy atom. The van der Waals surface area contributed by atoms with Gasteiger partial charge in [0.1, 0.15) is 6.04 Å². The molecule has 1 aliphatic heterocycles. The molecule has 1 N–H and O–H groups in total. The van der Waals surface area contributed by atoms with Crippen LogP contribution in [0.1, 0.15) is 22.7 Å². The molecule has 5 nitrogen and oxygen atoms in total. The number of hydrogen-bond acceptors (Lipinski definition) is 3. The first-order chi connectivity index (χ1) is 11.9. The molecule has 1 aliphatic rings. The van der Waals surface area contributed by atoms with E-state index in [-0.39, 0.29) is 18.2 Å². The summed E-state index contributed by atoms with van der Waals surface area (Å²) in [6.07, 6.45) is 0. The molecule has 0 radical (unpaired) electrons. The second-order valence-corrected chi connectivity index (χ2v) is 8.34. The fraction of sp³-hybridized carbons (Fsp3) is 0.278. The number of sulfonamides is 1. The summed E-state index contributed by atoms with van der Waals surface area (Å²) in [6, 6.07) is 13.3. The Kier molecular flexibility index (Phi) is 5.13. The summed E-state index contributed by atoms with van der Waals surface area (Å²) in [4.78, 5) is 12.5. The number of amides is 1. The lowest BCUT2D eigenvalue weighted by molar-refractivity contribution is -0.126. The van der Waals surface area contributed by atoms with Gasteiger partial charge in [0.2, 0.25) is 15.9 Å². The number of aryl methyl sites for hydroxylation is 1. The van der Waals surface area contributed by atoms with Gasteiger partial charge in [-0.05, 0) is 29.7 Å². The number of carbonyl (C=O) groups is 1. The summed E-state index contributed by atoms with van der Waals surface area (Å²) in [5, 5.41) is 3.17. The van der Waals surface area contributed by atoms with Crippen molar-refractivity contribution in [3.05, 3.63) is 70.2 Å². The summed E-state index contributed by atoms with van der Waals surface area (Å²) >= 11 is 6.11. The Labute approximate surface area is 152 Å². The van der Waals surface area contributed by atoms with E-state index < -0.39 is 16.1 Å². The highest BCUT2D eigenvalue weighted by atomic mass is 35.5. The van der Waals surface area contributed by atoms with Crippen LogP contribution in [-0.4, -0.2) is 31.7 Å². The van der Waals surface area contributed by atoms with Crippen molar-refractivity contribution < 1.29 is 13.2 Å². The molecule has 1 heterocycles. The largest absolute Gasteiger partial charge is 0.353 e. The fourth-order valence-electron chi connectivity index (χ4n) is 3.03. The Bertz CT molecular complexity index is 899. The smallest absolute Gasteiger partial charge is 0.243 e. The van der Waals surface area contributed by atoms with E-state index in [4.69, 9.17) is 11.6 Å². The maximum absolute atomic E-state index is 13.0. The summed E-state index contributed by atoms with van der Waals surface area (Å²) in [5.41, 5.74) is 2.10. The molecule has 2 aromatic rings. The van der Waals surface area contributed by atoms with Gasteiger partial charge < -0.3 is 5.32 Å². The lowest BCUT2D eigenvalue weighted by Gasteiger charge is -2.35. The van der Waals surface area contributed by atoms with Gasteiger partial charge in [0.25, 0.3) is 0 Å². The minimum atomic E-state index is -3.72. The summed E-state index contributed by atoms with van der Waals surface area (Å²) < 4.78 is 27.4. The second kappa shape index (κ2) is 7.15. The lowest BCUT2D eigenvalue weighted by atomic mass is 9.99. The number of rotatable bonds is 4. The van der Waals surface area contributed by atoms with Crippen LogP contribution in [0.2, 0.25) is 5.02 Å². The van der Waals surface area contributed by atoms with Crippen LogP contribution in [0, 0.1) is 6.92 Å². The van der Waals surface area contributed by atoms with Crippen molar-refractivity contribution in [3.8, 4) is 0 Å². The van der Waals surface area contributed by atoms with Crippen molar-refractivity contribution in [1.29, 1.82) is 0 Å². The van der Waals surface area contributed by atoms with Crippen LogP contribution in [-0.2, 0) is 20.6 Å². The molecule has 0 bridgehead atoms. The Morgan fingerprint density at radius 2 is 1.84 bits per heavy atom. The van der Waals surface area contributed by atoms with Gasteiger partial charge in [0, 0.05) is 18.1 Å². The van der Waals surface area contributed by atoms with Crippen molar-refractivity contribution in [2.45, 2.75) is 18.7 Å². The first-order valence-electron chi connectivity index (χ1n) is 7.96. The van der Waals surface area contributed by atoms with E-state index in [9.17, 15) is 13.2 Å². The van der Waals surface area contributed by atoms with Crippen molar-refractivity contribution >= 4 is 27.5 Å². The third kappa shape index (κ3) is 3.71. The molecule has 25 heavy (non-hydrogen) atoms. The quantitative estimate of drug-likeness (QED) is 0.889. The molecular weight excluding hydrogens is 360 g/mol. The normalized spacial score (nSPS) is 18.8. The Hall–Kier alpha value is -1.89. The second-order valence-electron chi connectivity index (χ2n) is 6.01.